The van der Waals surface area contributed by atoms with Gasteiger partial charge in [0, 0.05) is 18.0 Å². The lowest BCUT2D eigenvalue weighted by atomic mass is 10.3. The van der Waals surface area contributed by atoms with Crippen molar-refractivity contribution in [3.63, 3.8) is 0 Å². The first kappa shape index (κ1) is 14.8. The van der Waals surface area contributed by atoms with Gasteiger partial charge in [0.15, 0.2) is 0 Å². The van der Waals surface area contributed by atoms with Crippen LogP contribution < -0.4 is 11.1 Å². The van der Waals surface area contributed by atoms with Crippen molar-refractivity contribution in [3.8, 4) is 0 Å². The summed E-state index contributed by atoms with van der Waals surface area (Å²) in [6.45, 7) is 2.32. The molecule has 0 spiro atoms. The molecule has 6 heteroatoms. The van der Waals surface area contributed by atoms with Gasteiger partial charge in [0.2, 0.25) is 5.91 Å². The maximum Gasteiger partial charge on any atom is 0.230 e. The third kappa shape index (κ3) is 4.93. The molecule has 1 aromatic rings. The molecule has 1 rings (SSSR count). The number of thioether (sulfide) groups is 1. The Morgan fingerprint density at radius 3 is 2.94 bits per heavy atom. The number of ether oxygens (including phenoxy) is 1. The minimum atomic E-state index is -0.465. The van der Waals surface area contributed by atoms with E-state index in [0.29, 0.717) is 11.5 Å². The fourth-order valence-corrected chi connectivity index (χ4v) is 2.09. The second kappa shape index (κ2) is 7.23. The number of nitrogen functional groups attached to an aromatic ring is 1. The number of methoxy groups -OCH3 is 1. The zero-order valence-electron chi connectivity index (χ0n) is 10.4. The Morgan fingerprint density at radius 1 is 1.61 bits per heavy atom. The molecule has 0 saturated heterocycles. The van der Waals surface area contributed by atoms with Crippen LogP contribution in [0.25, 0.3) is 0 Å². The Kier molecular flexibility index (Phi) is 5.94. The smallest absolute Gasteiger partial charge is 0.230 e. The summed E-state index contributed by atoms with van der Waals surface area (Å²) in [6, 6.07) is 4.47. The highest BCUT2D eigenvalue weighted by Gasteiger charge is 2.08. The van der Waals surface area contributed by atoms with Crippen LogP contribution in [0.4, 0.5) is 10.1 Å². The summed E-state index contributed by atoms with van der Waals surface area (Å²) in [4.78, 5) is 12.2. The average Bonchev–Trinajstić information content (AvgIpc) is 2.31. The second-order valence-electron chi connectivity index (χ2n) is 3.90. The minimum Gasteiger partial charge on any atom is -0.396 e. The third-order valence-corrected chi connectivity index (χ3v) is 3.16. The molecule has 1 aromatic carbocycles. The number of amides is 1. The molecule has 100 valence electrons. The average molecular weight is 272 g/mol. The van der Waals surface area contributed by atoms with E-state index in [-0.39, 0.29) is 23.4 Å². The van der Waals surface area contributed by atoms with Gasteiger partial charge in [0.1, 0.15) is 5.82 Å². The lowest BCUT2D eigenvalue weighted by molar-refractivity contribution is -0.119. The van der Waals surface area contributed by atoms with Crippen molar-refractivity contribution in [3.05, 3.63) is 24.0 Å². The van der Waals surface area contributed by atoms with E-state index in [1.807, 2.05) is 6.92 Å². The summed E-state index contributed by atoms with van der Waals surface area (Å²) in [6.07, 6.45) is 0. The zero-order valence-corrected chi connectivity index (χ0v) is 11.2. The van der Waals surface area contributed by atoms with Crippen LogP contribution in [0, 0.1) is 5.82 Å². The Hall–Kier alpha value is -1.27. The monoisotopic (exact) mass is 272 g/mol. The first-order chi connectivity index (χ1) is 8.52. The maximum absolute atomic E-state index is 13.2. The summed E-state index contributed by atoms with van der Waals surface area (Å²) in [5, 5.41) is 2.77. The SMILES string of the molecule is COCC(C)NC(=O)CSc1ccc(N)c(F)c1. The molecular weight excluding hydrogens is 255 g/mol. The van der Waals surface area contributed by atoms with Crippen molar-refractivity contribution in [2.45, 2.75) is 17.9 Å². The van der Waals surface area contributed by atoms with Gasteiger partial charge >= 0.3 is 0 Å². The molecule has 0 aromatic heterocycles. The van der Waals surface area contributed by atoms with Crippen LogP contribution in [0.5, 0.6) is 0 Å². The molecule has 0 saturated carbocycles. The van der Waals surface area contributed by atoms with E-state index in [1.165, 1.54) is 23.9 Å². The second-order valence-corrected chi connectivity index (χ2v) is 4.94. The Labute approximate surface area is 110 Å². The van der Waals surface area contributed by atoms with Gasteiger partial charge in [0.25, 0.3) is 0 Å². The number of carbonyl (C=O) groups excluding carboxylic acids is 1. The molecule has 0 aliphatic rings. The fourth-order valence-electron chi connectivity index (χ4n) is 1.35. The highest BCUT2D eigenvalue weighted by atomic mass is 32.2. The summed E-state index contributed by atoms with van der Waals surface area (Å²) >= 11 is 1.26. The summed E-state index contributed by atoms with van der Waals surface area (Å²) < 4.78 is 18.1. The fraction of sp³-hybridized carbons (Fsp3) is 0.417. The van der Waals surface area contributed by atoms with Crippen molar-refractivity contribution in [2.24, 2.45) is 0 Å². The van der Waals surface area contributed by atoms with Crippen molar-refractivity contribution >= 4 is 23.4 Å². The van der Waals surface area contributed by atoms with Crippen molar-refractivity contribution in [2.75, 3.05) is 25.2 Å². The van der Waals surface area contributed by atoms with Crippen LogP contribution in [0.2, 0.25) is 0 Å². The van der Waals surface area contributed by atoms with Crippen molar-refractivity contribution < 1.29 is 13.9 Å². The topological polar surface area (TPSA) is 64.3 Å². The molecule has 4 nitrogen and oxygen atoms in total. The van der Waals surface area contributed by atoms with E-state index >= 15 is 0 Å². The predicted molar refractivity (Wildman–Crippen MR) is 71.0 cm³/mol. The number of hydrogen-bond donors (Lipinski definition) is 2. The number of nitrogens with one attached hydrogen (secondary N) is 1. The van der Waals surface area contributed by atoms with Crippen LogP contribution >= 0.6 is 11.8 Å². The highest BCUT2D eigenvalue weighted by Crippen LogP contribution is 2.21. The van der Waals surface area contributed by atoms with Crippen LogP contribution in [0.15, 0.2) is 23.1 Å². The first-order valence-corrected chi connectivity index (χ1v) is 6.47. The molecular formula is C12H17FN2O2S. The van der Waals surface area contributed by atoms with E-state index in [4.69, 9.17) is 10.5 Å². The van der Waals surface area contributed by atoms with Gasteiger partial charge in [-0.15, -0.1) is 11.8 Å². The Bertz CT molecular complexity index is 415. The lowest BCUT2D eigenvalue weighted by Gasteiger charge is -2.12. The van der Waals surface area contributed by atoms with Crippen LogP contribution in [-0.4, -0.2) is 31.4 Å². The number of rotatable bonds is 6. The third-order valence-electron chi connectivity index (χ3n) is 2.17. The molecule has 1 amide bonds. The number of halogens is 1. The van der Waals surface area contributed by atoms with E-state index in [0.717, 1.165) is 0 Å². The van der Waals surface area contributed by atoms with Gasteiger partial charge in [-0.05, 0) is 25.1 Å². The van der Waals surface area contributed by atoms with Gasteiger partial charge in [-0.3, -0.25) is 4.79 Å². The summed E-state index contributed by atoms with van der Waals surface area (Å²) in [5.41, 5.74) is 5.48. The first-order valence-electron chi connectivity index (χ1n) is 5.49. The van der Waals surface area contributed by atoms with Crippen LogP contribution in [-0.2, 0) is 9.53 Å². The van der Waals surface area contributed by atoms with Crippen molar-refractivity contribution in [1.82, 2.24) is 5.32 Å². The van der Waals surface area contributed by atoms with Gasteiger partial charge in [0.05, 0.1) is 18.0 Å². The summed E-state index contributed by atoms with van der Waals surface area (Å²) in [7, 11) is 1.58. The van der Waals surface area contributed by atoms with Gasteiger partial charge < -0.3 is 15.8 Å². The summed E-state index contributed by atoms with van der Waals surface area (Å²) in [5.74, 6) is -0.341. The number of nitrogens with two attached hydrogens (primary N) is 1. The van der Waals surface area contributed by atoms with E-state index in [9.17, 15) is 9.18 Å². The lowest BCUT2D eigenvalue weighted by Crippen LogP contribution is -2.36. The van der Waals surface area contributed by atoms with E-state index in [1.54, 1.807) is 13.2 Å². The van der Waals surface area contributed by atoms with Gasteiger partial charge in [-0.2, -0.15) is 0 Å². The normalized spacial score (nSPS) is 12.2. The van der Waals surface area contributed by atoms with Crippen LogP contribution in [0.1, 0.15) is 6.92 Å². The molecule has 0 aliphatic heterocycles. The van der Waals surface area contributed by atoms with Crippen molar-refractivity contribution in [1.29, 1.82) is 0 Å². The number of anilines is 1. The zero-order chi connectivity index (χ0) is 13.5. The molecule has 18 heavy (non-hydrogen) atoms. The Balaban J connectivity index is 2.40. The largest absolute Gasteiger partial charge is 0.396 e. The number of hydrogen-bond acceptors (Lipinski definition) is 4. The highest BCUT2D eigenvalue weighted by molar-refractivity contribution is 8.00. The van der Waals surface area contributed by atoms with E-state index in [2.05, 4.69) is 5.32 Å². The molecule has 1 unspecified atom stereocenters. The van der Waals surface area contributed by atoms with Gasteiger partial charge in [-0.1, -0.05) is 0 Å². The molecule has 1 atom stereocenters. The van der Waals surface area contributed by atoms with Crippen LogP contribution in [0.3, 0.4) is 0 Å². The standard InChI is InChI=1S/C12H17FN2O2S/c1-8(6-17-2)15-12(16)7-18-9-3-4-11(14)10(13)5-9/h3-5,8H,6-7,14H2,1-2H3,(H,15,16). The molecule has 3 N–H and O–H groups in total. The molecule has 0 aliphatic carbocycles. The number of carbonyl (C=O) groups is 1. The molecule has 0 heterocycles. The molecule has 0 fully saturated rings. The predicted octanol–water partition coefficient (Wildman–Crippen LogP) is 1.65. The number of benzene rings is 1. The quantitative estimate of drug-likeness (QED) is 0.610. The molecule has 0 radical (unpaired) electrons. The minimum absolute atomic E-state index is 0.0359. The maximum atomic E-state index is 13.2. The van der Waals surface area contributed by atoms with Gasteiger partial charge in [-0.25, -0.2) is 4.39 Å². The van der Waals surface area contributed by atoms with E-state index < -0.39 is 5.82 Å². The molecule has 0 bridgehead atoms. The Morgan fingerprint density at radius 2 is 2.33 bits per heavy atom.